The summed E-state index contributed by atoms with van der Waals surface area (Å²) in [7, 11) is -10.1. The molecular weight excluding hydrogens is 909 g/mol. The smallest absolute Gasteiger partial charge is 0.404 e. The van der Waals surface area contributed by atoms with Crippen molar-refractivity contribution in [1.29, 1.82) is 0 Å². The number of aromatic nitrogens is 2. The van der Waals surface area contributed by atoms with Gasteiger partial charge in [-0.15, -0.1) is 0 Å². The first-order valence-corrected chi connectivity index (χ1v) is 20.9. The van der Waals surface area contributed by atoms with Crippen molar-refractivity contribution in [3.63, 3.8) is 0 Å². The molecule has 4 aromatic rings. The first-order valence-electron chi connectivity index (χ1n) is 15.7. The van der Waals surface area contributed by atoms with Gasteiger partial charge in [-0.05, 0) is 29.8 Å². The van der Waals surface area contributed by atoms with Gasteiger partial charge in [0.15, 0.2) is 6.23 Å². The molecule has 18 nitrogen and oxygen atoms in total. The van der Waals surface area contributed by atoms with Crippen LogP contribution < -0.4 is 60.5 Å². The number of anilines is 2. The molecule has 6 atom stereocenters. The minimum atomic E-state index is -5.16. The molecule has 2 heterocycles. The SMILES string of the molecule is O=C(CBr)Nc1cccc(OP(=O)(O)OCC2OC(n3ccc(=O)[nH]c3=O)C(OCc3ccccc3)C2OP(=O)(O)Oc2cccc(NC(=O)CBr)c2)c1.[Na+]. The van der Waals surface area contributed by atoms with E-state index < -0.39 is 63.9 Å². The van der Waals surface area contributed by atoms with Gasteiger partial charge in [-0.2, -0.15) is 0 Å². The van der Waals surface area contributed by atoms with Crippen LogP contribution in [0.4, 0.5) is 11.4 Å². The number of H-pyrrole nitrogens is 1. The van der Waals surface area contributed by atoms with Gasteiger partial charge >= 0.3 is 50.9 Å². The molecule has 5 rings (SSSR count). The third-order valence-electron chi connectivity index (χ3n) is 7.27. The Bertz CT molecular complexity index is 2160. The number of phosphoric ester groups is 2. The Morgan fingerprint density at radius 2 is 1.40 bits per heavy atom. The predicted octanol–water partition coefficient (Wildman–Crippen LogP) is 1.45. The van der Waals surface area contributed by atoms with E-state index in [0.29, 0.717) is 5.56 Å². The molecule has 1 aromatic heterocycles. The Hall–Kier alpha value is -2.94. The van der Waals surface area contributed by atoms with Crippen molar-refractivity contribution in [1.82, 2.24) is 9.55 Å². The summed E-state index contributed by atoms with van der Waals surface area (Å²) in [4.78, 5) is 72.3. The molecule has 23 heteroatoms. The van der Waals surface area contributed by atoms with Crippen LogP contribution in [-0.2, 0) is 43.8 Å². The number of rotatable bonds is 17. The number of nitrogens with zero attached hydrogens (tertiary/aromatic N) is 1. The molecule has 1 fully saturated rings. The van der Waals surface area contributed by atoms with Crippen LogP contribution in [0, 0.1) is 0 Å². The number of carbonyl (C=O) groups is 2. The molecule has 5 N–H and O–H groups in total. The molecule has 55 heavy (non-hydrogen) atoms. The molecule has 3 aromatic carbocycles. The van der Waals surface area contributed by atoms with E-state index in [4.69, 9.17) is 27.6 Å². The molecule has 0 bridgehead atoms. The zero-order valence-corrected chi connectivity index (χ0v) is 35.6. The Labute approximate surface area is 351 Å². The Balaban J connectivity index is 0.00000673. The first kappa shape index (κ1) is 44.8. The average molecular weight is 941 g/mol. The number of halogens is 2. The van der Waals surface area contributed by atoms with Crippen molar-refractivity contribution >= 4 is 70.7 Å². The summed E-state index contributed by atoms with van der Waals surface area (Å²) in [6, 6.07) is 20.9. The number of ether oxygens (including phenoxy) is 2. The Kier molecular flexibility index (Phi) is 16.7. The van der Waals surface area contributed by atoms with Crippen LogP contribution in [0.5, 0.6) is 11.5 Å². The molecule has 6 unspecified atom stereocenters. The molecule has 1 aliphatic heterocycles. The topological polar surface area (TPSA) is 243 Å². The van der Waals surface area contributed by atoms with Crippen LogP contribution in [-0.4, -0.2) is 66.7 Å². The van der Waals surface area contributed by atoms with Crippen LogP contribution in [0.3, 0.4) is 0 Å². The van der Waals surface area contributed by atoms with Crippen molar-refractivity contribution in [2.24, 2.45) is 0 Å². The van der Waals surface area contributed by atoms with Gasteiger partial charge in [-0.25, -0.2) is 13.9 Å². The van der Waals surface area contributed by atoms with Crippen LogP contribution >= 0.6 is 47.5 Å². The molecular formula is C32H32Br2N4NaO14P2+. The number of amides is 2. The van der Waals surface area contributed by atoms with E-state index in [9.17, 15) is 38.1 Å². The van der Waals surface area contributed by atoms with Gasteiger partial charge in [0.2, 0.25) is 11.8 Å². The fraction of sp³-hybridized carbons (Fsp3) is 0.250. The second kappa shape index (κ2) is 20.5. The minimum Gasteiger partial charge on any atom is -0.404 e. The van der Waals surface area contributed by atoms with Gasteiger partial charge in [0.1, 0.15) is 29.8 Å². The second-order valence-electron chi connectivity index (χ2n) is 11.2. The molecule has 0 spiro atoms. The summed E-state index contributed by atoms with van der Waals surface area (Å²) in [5.41, 5.74) is -0.511. The van der Waals surface area contributed by atoms with Crippen molar-refractivity contribution in [2.45, 2.75) is 31.1 Å². The van der Waals surface area contributed by atoms with E-state index in [2.05, 4.69) is 47.5 Å². The third kappa shape index (κ3) is 13.3. The number of phosphoric acid groups is 2. The number of alkyl halides is 2. The van der Waals surface area contributed by atoms with Gasteiger partial charge < -0.3 is 29.2 Å². The van der Waals surface area contributed by atoms with Gasteiger partial charge in [-0.3, -0.25) is 42.8 Å². The second-order valence-corrected chi connectivity index (χ2v) is 15.1. The maximum atomic E-state index is 13.6. The number of benzene rings is 3. The zero-order chi connectivity index (χ0) is 38.9. The molecule has 1 saturated heterocycles. The van der Waals surface area contributed by atoms with Crippen LogP contribution in [0.2, 0.25) is 0 Å². The van der Waals surface area contributed by atoms with Crippen molar-refractivity contribution in [3.8, 4) is 11.5 Å². The molecule has 0 saturated carbocycles. The number of hydrogen-bond donors (Lipinski definition) is 5. The summed E-state index contributed by atoms with van der Waals surface area (Å²) in [6.07, 6.45) is -4.98. The van der Waals surface area contributed by atoms with Crippen LogP contribution in [0.15, 0.2) is 101 Å². The van der Waals surface area contributed by atoms with E-state index in [-0.39, 0.29) is 75.6 Å². The summed E-state index contributed by atoms with van der Waals surface area (Å²) in [5, 5.41) is 5.10. The van der Waals surface area contributed by atoms with Crippen LogP contribution in [0.1, 0.15) is 11.8 Å². The molecule has 1 aliphatic rings. The zero-order valence-electron chi connectivity index (χ0n) is 28.7. The summed E-state index contributed by atoms with van der Waals surface area (Å²) < 4.78 is 61.3. The van der Waals surface area contributed by atoms with E-state index in [0.717, 1.165) is 16.8 Å². The fourth-order valence-corrected chi connectivity index (χ4v) is 7.09. The number of nitrogens with one attached hydrogen (secondary N) is 3. The summed E-state index contributed by atoms with van der Waals surface area (Å²) >= 11 is 6.06. The van der Waals surface area contributed by atoms with Gasteiger partial charge in [0, 0.05) is 35.8 Å². The third-order valence-corrected chi connectivity index (χ3v) is 10.2. The van der Waals surface area contributed by atoms with Crippen LogP contribution in [0.25, 0.3) is 0 Å². The quantitative estimate of drug-likeness (QED) is 0.0572. The molecule has 0 aliphatic carbocycles. The normalized spacial score (nSPS) is 19.9. The van der Waals surface area contributed by atoms with Gasteiger partial charge in [0.25, 0.3) is 5.56 Å². The van der Waals surface area contributed by atoms with Crippen molar-refractivity contribution in [2.75, 3.05) is 27.9 Å². The minimum absolute atomic E-state index is 0. The van der Waals surface area contributed by atoms with Crippen molar-refractivity contribution < 1.29 is 85.6 Å². The Morgan fingerprint density at radius 3 is 1.96 bits per heavy atom. The molecule has 288 valence electrons. The van der Waals surface area contributed by atoms with E-state index >= 15 is 0 Å². The predicted molar refractivity (Wildman–Crippen MR) is 200 cm³/mol. The molecule has 2 amide bonds. The van der Waals surface area contributed by atoms with Crippen molar-refractivity contribution in [3.05, 3.63) is 118 Å². The molecule has 0 radical (unpaired) electrons. The maximum Gasteiger partial charge on any atom is 1.00 e. The Morgan fingerprint density at radius 1 is 0.818 bits per heavy atom. The monoisotopic (exact) mass is 939 g/mol. The largest absolute Gasteiger partial charge is 1.00 e. The van der Waals surface area contributed by atoms with E-state index in [1.54, 1.807) is 30.3 Å². The van der Waals surface area contributed by atoms with E-state index in [1.807, 2.05) is 0 Å². The average Bonchev–Trinajstić information content (AvgIpc) is 3.45. The fourth-order valence-electron chi connectivity index (χ4n) is 5.05. The summed E-state index contributed by atoms with van der Waals surface area (Å²) in [6.45, 7) is -0.974. The summed E-state index contributed by atoms with van der Waals surface area (Å²) in [5.74, 6) is -1.13. The first-order chi connectivity index (χ1) is 25.7. The van der Waals surface area contributed by atoms with Gasteiger partial charge in [0.05, 0.1) is 23.9 Å². The number of hydrogen-bond acceptors (Lipinski definition) is 12. The number of aromatic amines is 1. The number of carbonyl (C=O) groups excluding carboxylic acids is 2. The maximum absolute atomic E-state index is 13.6. The standard InChI is InChI=1S/C32H32Br2N4O14P2.Na/c33-16-27(40)35-21-8-4-10-23(14-21)50-53(43,44)48-19-25-29(52-54(45,46)51-24-11-5-9-22(15-24)36-28(41)17-34)30(47-18-20-6-2-1-3-7-20)31(49-25)38-13-12-26(39)37-32(38)42;/h1-15,25,29-31H,16-19H2,(H,35,40)(H,36,41)(H,43,44)(H,45,46)(H,37,39,42);/q;+1. The van der Waals surface area contributed by atoms with Gasteiger partial charge in [-0.1, -0.05) is 74.3 Å². The van der Waals surface area contributed by atoms with E-state index in [1.165, 1.54) is 48.5 Å².